The Bertz CT molecular complexity index is 538. The summed E-state index contributed by atoms with van der Waals surface area (Å²) >= 11 is 0. The van der Waals surface area contributed by atoms with Crippen LogP contribution in [0.4, 0.5) is 0 Å². The normalized spacial score (nSPS) is 10.5. The molecule has 0 radical (unpaired) electrons. The third kappa shape index (κ3) is 4.03. The summed E-state index contributed by atoms with van der Waals surface area (Å²) in [7, 11) is 0. The van der Waals surface area contributed by atoms with Gasteiger partial charge in [-0.15, -0.1) is 0 Å². The monoisotopic (exact) mass is 257 g/mol. The Morgan fingerprint density at radius 3 is 2.68 bits per heavy atom. The molecule has 0 atom stereocenters. The molecule has 4 heteroatoms. The third-order valence-electron chi connectivity index (χ3n) is 2.68. The van der Waals surface area contributed by atoms with Gasteiger partial charge in [0.2, 0.25) is 5.88 Å². The van der Waals surface area contributed by atoms with Crippen molar-refractivity contribution in [2.45, 2.75) is 27.3 Å². The molecular formula is C15H19N3O. The molecule has 0 saturated carbocycles. The molecule has 0 aliphatic carbocycles. The van der Waals surface area contributed by atoms with E-state index in [1.165, 1.54) is 5.56 Å². The highest BCUT2D eigenvalue weighted by Gasteiger charge is 2.03. The lowest BCUT2D eigenvalue weighted by Crippen LogP contribution is -2.12. The van der Waals surface area contributed by atoms with Gasteiger partial charge in [-0.05, 0) is 44.2 Å². The summed E-state index contributed by atoms with van der Waals surface area (Å²) in [5.74, 6) is 1.32. The van der Waals surface area contributed by atoms with E-state index in [9.17, 15) is 0 Å². The van der Waals surface area contributed by atoms with Gasteiger partial charge >= 0.3 is 0 Å². The number of hydrogen-bond donors (Lipinski definition) is 1. The molecule has 1 N–H and O–H groups in total. The van der Waals surface area contributed by atoms with E-state index in [0.29, 0.717) is 11.6 Å². The SMILES string of the molecule is CCNCc1cc(C)nc(Oc2ccc(C)nc2)c1. The minimum absolute atomic E-state index is 0.610. The molecule has 2 heterocycles. The maximum atomic E-state index is 5.73. The molecule has 0 aliphatic heterocycles. The highest BCUT2D eigenvalue weighted by atomic mass is 16.5. The number of aryl methyl sites for hydroxylation is 2. The summed E-state index contributed by atoms with van der Waals surface area (Å²) in [6.45, 7) is 7.77. The lowest BCUT2D eigenvalue weighted by Gasteiger charge is -2.08. The maximum absolute atomic E-state index is 5.73. The number of ether oxygens (including phenoxy) is 1. The molecular weight excluding hydrogens is 238 g/mol. The Labute approximate surface area is 113 Å². The molecule has 2 aromatic rings. The van der Waals surface area contributed by atoms with Crippen molar-refractivity contribution in [3.8, 4) is 11.6 Å². The van der Waals surface area contributed by atoms with Gasteiger partial charge in [-0.2, -0.15) is 0 Å². The number of nitrogens with one attached hydrogen (secondary N) is 1. The van der Waals surface area contributed by atoms with Crippen LogP contribution in [0.1, 0.15) is 23.9 Å². The quantitative estimate of drug-likeness (QED) is 0.894. The van der Waals surface area contributed by atoms with Crippen LogP contribution in [0.5, 0.6) is 11.6 Å². The van der Waals surface area contributed by atoms with Crippen molar-refractivity contribution in [1.29, 1.82) is 0 Å². The predicted octanol–water partition coefficient (Wildman–Crippen LogP) is 3.00. The number of rotatable bonds is 5. The van der Waals surface area contributed by atoms with E-state index in [4.69, 9.17) is 4.74 Å². The van der Waals surface area contributed by atoms with Crippen molar-refractivity contribution in [1.82, 2.24) is 15.3 Å². The van der Waals surface area contributed by atoms with Crippen LogP contribution in [0, 0.1) is 13.8 Å². The standard InChI is InChI=1S/C15H19N3O/c1-4-16-9-13-7-12(3)18-15(8-13)19-14-6-5-11(2)17-10-14/h5-8,10,16H,4,9H2,1-3H3. The van der Waals surface area contributed by atoms with E-state index in [-0.39, 0.29) is 0 Å². The molecule has 2 aromatic heterocycles. The first-order valence-electron chi connectivity index (χ1n) is 6.46. The van der Waals surface area contributed by atoms with Gasteiger partial charge in [0, 0.05) is 24.0 Å². The van der Waals surface area contributed by atoms with Crippen LogP contribution in [0.3, 0.4) is 0 Å². The van der Waals surface area contributed by atoms with Crippen LogP contribution >= 0.6 is 0 Å². The Hall–Kier alpha value is -1.94. The molecule has 0 spiro atoms. The highest BCUT2D eigenvalue weighted by molar-refractivity contribution is 5.29. The van der Waals surface area contributed by atoms with Crippen LogP contribution < -0.4 is 10.1 Å². The van der Waals surface area contributed by atoms with E-state index in [2.05, 4.69) is 28.3 Å². The first kappa shape index (κ1) is 13.5. The van der Waals surface area contributed by atoms with Crippen LogP contribution in [0.2, 0.25) is 0 Å². The second-order valence-corrected chi connectivity index (χ2v) is 4.47. The van der Waals surface area contributed by atoms with Gasteiger partial charge in [-0.25, -0.2) is 4.98 Å². The minimum Gasteiger partial charge on any atom is -0.437 e. The van der Waals surface area contributed by atoms with Crippen molar-refractivity contribution in [3.05, 3.63) is 47.4 Å². The van der Waals surface area contributed by atoms with E-state index < -0.39 is 0 Å². The van der Waals surface area contributed by atoms with Gasteiger partial charge < -0.3 is 10.1 Å². The highest BCUT2D eigenvalue weighted by Crippen LogP contribution is 2.20. The number of pyridine rings is 2. The molecule has 0 aromatic carbocycles. The van der Waals surface area contributed by atoms with Gasteiger partial charge in [0.15, 0.2) is 0 Å². The zero-order chi connectivity index (χ0) is 13.7. The van der Waals surface area contributed by atoms with Crippen LogP contribution in [-0.4, -0.2) is 16.5 Å². The van der Waals surface area contributed by atoms with Crippen LogP contribution in [0.25, 0.3) is 0 Å². The number of aromatic nitrogens is 2. The fourth-order valence-electron chi connectivity index (χ4n) is 1.77. The first-order chi connectivity index (χ1) is 9.17. The molecule has 100 valence electrons. The summed E-state index contributed by atoms with van der Waals surface area (Å²) < 4.78 is 5.73. The Morgan fingerprint density at radius 1 is 1.16 bits per heavy atom. The van der Waals surface area contributed by atoms with Crippen molar-refractivity contribution in [3.63, 3.8) is 0 Å². The van der Waals surface area contributed by atoms with Crippen molar-refractivity contribution >= 4 is 0 Å². The van der Waals surface area contributed by atoms with E-state index in [1.807, 2.05) is 32.0 Å². The average Bonchev–Trinajstić information content (AvgIpc) is 2.38. The average molecular weight is 257 g/mol. The fourth-order valence-corrected chi connectivity index (χ4v) is 1.77. The molecule has 2 rings (SSSR count). The molecule has 0 amide bonds. The first-order valence-corrected chi connectivity index (χ1v) is 6.46. The second kappa shape index (κ2) is 6.29. The predicted molar refractivity (Wildman–Crippen MR) is 75.4 cm³/mol. The van der Waals surface area contributed by atoms with E-state index in [1.54, 1.807) is 6.20 Å². The van der Waals surface area contributed by atoms with Crippen molar-refractivity contribution < 1.29 is 4.74 Å². The smallest absolute Gasteiger partial charge is 0.219 e. The van der Waals surface area contributed by atoms with Crippen molar-refractivity contribution in [2.24, 2.45) is 0 Å². The molecule has 0 unspecified atom stereocenters. The lowest BCUT2D eigenvalue weighted by molar-refractivity contribution is 0.458. The second-order valence-electron chi connectivity index (χ2n) is 4.47. The van der Waals surface area contributed by atoms with Gasteiger partial charge in [0.1, 0.15) is 5.75 Å². The summed E-state index contributed by atoms with van der Waals surface area (Å²) in [4.78, 5) is 8.59. The zero-order valence-electron chi connectivity index (χ0n) is 11.6. The Kier molecular flexibility index (Phi) is 4.47. The van der Waals surface area contributed by atoms with Gasteiger partial charge in [-0.3, -0.25) is 4.98 Å². The van der Waals surface area contributed by atoms with Gasteiger partial charge in [-0.1, -0.05) is 6.92 Å². The van der Waals surface area contributed by atoms with Crippen molar-refractivity contribution in [2.75, 3.05) is 6.54 Å². The molecule has 0 fully saturated rings. The third-order valence-corrected chi connectivity index (χ3v) is 2.68. The van der Waals surface area contributed by atoms with Gasteiger partial charge in [0.05, 0.1) is 6.20 Å². The summed E-state index contributed by atoms with van der Waals surface area (Å²) in [6, 6.07) is 7.83. The van der Waals surface area contributed by atoms with Gasteiger partial charge in [0.25, 0.3) is 0 Å². The van der Waals surface area contributed by atoms with Crippen LogP contribution in [-0.2, 0) is 6.54 Å². The molecule has 0 bridgehead atoms. The molecule has 0 saturated heterocycles. The molecule has 19 heavy (non-hydrogen) atoms. The Morgan fingerprint density at radius 2 is 2.00 bits per heavy atom. The largest absolute Gasteiger partial charge is 0.437 e. The zero-order valence-corrected chi connectivity index (χ0v) is 11.6. The summed E-state index contributed by atoms with van der Waals surface area (Å²) in [6.07, 6.45) is 1.71. The maximum Gasteiger partial charge on any atom is 0.219 e. The fraction of sp³-hybridized carbons (Fsp3) is 0.333. The van der Waals surface area contributed by atoms with E-state index in [0.717, 1.165) is 24.5 Å². The summed E-state index contributed by atoms with van der Waals surface area (Å²) in [5, 5.41) is 3.29. The molecule has 0 aliphatic rings. The topological polar surface area (TPSA) is 47.0 Å². The number of nitrogens with zero attached hydrogens (tertiary/aromatic N) is 2. The van der Waals surface area contributed by atoms with E-state index >= 15 is 0 Å². The van der Waals surface area contributed by atoms with Crippen LogP contribution in [0.15, 0.2) is 30.5 Å². The summed E-state index contributed by atoms with van der Waals surface area (Å²) in [5.41, 5.74) is 3.09. The lowest BCUT2D eigenvalue weighted by atomic mass is 10.2. The Balaban J connectivity index is 2.15. The molecule has 4 nitrogen and oxygen atoms in total. The minimum atomic E-state index is 0.610. The number of hydrogen-bond acceptors (Lipinski definition) is 4.